The highest BCUT2D eigenvalue weighted by Crippen LogP contribution is 2.26. The third-order valence-corrected chi connectivity index (χ3v) is 4.18. The number of ether oxygens (including phenoxy) is 1. The number of carbonyl (C=O) groups excluding carboxylic acids is 2. The Kier molecular flexibility index (Phi) is 5.47. The number of nitrogens with one attached hydrogen (secondary N) is 1. The van der Waals surface area contributed by atoms with Crippen molar-refractivity contribution in [1.29, 1.82) is 0 Å². The lowest BCUT2D eigenvalue weighted by Gasteiger charge is -2.34. The molecule has 1 atom stereocenters. The van der Waals surface area contributed by atoms with Crippen molar-refractivity contribution in [3.63, 3.8) is 0 Å². The average Bonchev–Trinajstić information content (AvgIpc) is 2.50. The third-order valence-electron chi connectivity index (χ3n) is 4.18. The molecule has 0 unspecified atom stereocenters. The summed E-state index contributed by atoms with van der Waals surface area (Å²) in [4.78, 5) is 24.8. The van der Waals surface area contributed by atoms with Crippen LogP contribution >= 0.6 is 0 Å². The topological polar surface area (TPSA) is 84.7 Å². The van der Waals surface area contributed by atoms with E-state index in [2.05, 4.69) is 5.32 Å². The molecular formula is C17H25N3O3. The number of aryl methyl sites for hydroxylation is 2. The van der Waals surface area contributed by atoms with Crippen LogP contribution in [0.5, 0.6) is 5.75 Å². The van der Waals surface area contributed by atoms with Gasteiger partial charge in [-0.15, -0.1) is 0 Å². The zero-order valence-corrected chi connectivity index (χ0v) is 14.0. The third kappa shape index (κ3) is 4.37. The minimum Gasteiger partial charge on any atom is -0.490 e. The number of piperidine rings is 1. The number of primary amides is 1. The summed E-state index contributed by atoms with van der Waals surface area (Å²) in [6, 6.07) is 4.82. The van der Waals surface area contributed by atoms with E-state index in [1.807, 2.05) is 32.0 Å². The van der Waals surface area contributed by atoms with Crippen molar-refractivity contribution in [3.8, 4) is 5.75 Å². The van der Waals surface area contributed by atoms with Crippen molar-refractivity contribution in [3.05, 3.63) is 29.3 Å². The number of benzene rings is 1. The lowest BCUT2D eigenvalue weighted by atomic mass is 10.1. The summed E-state index contributed by atoms with van der Waals surface area (Å²) < 4.78 is 6.14. The van der Waals surface area contributed by atoms with Gasteiger partial charge in [0.15, 0.2) is 0 Å². The van der Waals surface area contributed by atoms with Crippen molar-refractivity contribution >= 4 is 11.9 Å². The Balaban J connectivity index is 1.89. The van der Waals surface area contributed by atoms with Gasteiger partial charge in [0.1, 0.15) is 17.9 Å². The molecule has 0 aliphatic carbocycles. The minimum atomic E-state index is -0.681. The molecule has 1 aliphatic rings. The largest absolute Gasteiger partial charge is 0.490 e. The standard InChI is InChI=1S/C17H25N3O3/c1-11-5-4-6-12(2)15(11)23-14-7-9-20(10-8-14)16(21)13(3)19-17(18)22/h4-6,13-14H,7-10H2,1-3H3,(H3,18,19,22)/t13-/m0/s1. The monoisotopic (exact) mass is 319 g/mol. The second-order valence-electron chi connectivity index (χ2n) is 6.09. The maximum atomic E-state index is 12.2. The smallest absolute Gasteiger partial charge is 0.312 e. The van der Waals surface area contributed by atoms with E-state index in [0.717, 1.165) is 29.7 Å². The molecule has 1 aromatic carbocycles. The van der Waals surface area contributed by atoms with Crippen molar-refractivity contribution < 1.29 is 14.3 Å². The SMILES string of the molecule is Cc1cccc(C)c1OC1CCN(C(=O)[C@H](C)NC(N)=O)CC1. The molecule has 6 nitrogen and oxygen atoms in total. The first-order valence-electron chi connectivity index (χ1n) is 7.96. The summed E-state index contributed by atoms with van der Waals surface area (Å²) in [6.45, 7) is 6.97. The van der Waals surface area contributed by atoms with E-state index in [-0.39, 0.29) is 12.0 Å². The molecule has 0 aromatic heterocycles. The molecule has 126 valence electrons. The average molecular weight is 319 g/mol. The number of nitrogens with zero attached hydrogens (tertiary/aromatic N) is 1. The first-order chi connectivity index (χ1) is 10.9. The normalized spacial score (nSPS) is 16.7. The Hall–Kier alpha value is -2.24. The van der Waals surface area contributed by atoms with Crippen LogP contribution in [0.2, 0.25) is 0 Å². The molecule has 0 bridgehead atoms. The fourth-order valence-electron chi connectivity index (χ4n) is 2.89. The van der Waals surface area contributed by atoms with Gasteiger partial charge in [-0.1, -0.05) is 18.2 Å². The highest BCUT2D eigenvalue weighted by Gasteiger charge is 2.27. The Morgan fingerprint density at radius 3 is 2.35 bits per heavy atom. The van der Waals surface area contributed by atoms with Gasteiger partial charge in [-0.3, -0.25) is 4.79 Å². The van der Waals surface area contributed by atoms with Gasteiger partial charge in [-0.2, -0.15) is 0 Å². The van der Waals surface area contributed by atoms with Crippen molar-refractivity contribution in [2.24, 2.45) is 5.73 Å². The van der Waals surface area contributed by atoms with Crippen molar-refractivity contribution in [1.82, 2.24) is 10.2 Å². The van der Waals surface area contributed by atoms with Crippen LogP contribution in [0.1, 0.15) is 30.9 Å². The molecule has 0 radical (unpaired) electrons. The molecule has 1 heterocycles. The van der Waals surface area contributed by atoms with E-state index in [0.29, 0.717) is 13.1 Å². The maximum absolute atomic E-state index is 12.2. The number of hydrogen-bond acceptors (Lipinski definition) is 3. The number of para-hydroxylation sites is 1. The van der Waals surface area contributed by atoms with Gasteiger partial charge in [-0.05, 0) is 31.9 Å². The van der Waals surface area contributed by atoms with E-state index >= 15 is 0 Å². The quantitative estimate of drug-likeness (QED) is 0.886. The van der Waals surface area contributed by atoms with Gasteiger partial charge >= 0.3 is 6.03 Å². The Morgan fingerprint density at radius 2 is 1.83 bits per heavy atom. The summed E-state index contributed by atoms with van der Waals surface area (Å²) in [7, 11) is 0. The van der Waals surface area contributed by atoms with Gasteiger partial charge in [-0.25, -0.2) is 4.79 Å². The van der Waals surface area contributed by atoms with Crippen LogP contribution in [-0.4, -0.2) is 42.1 Å². The van der Waals surface area contributed by atoms with Crippen LogP contribution in [0.15, 0.2) is 18.2 Å². The molecule has 6 heteroatoms. The minimum absolute atomic E-state index is 0.102. The molecule has 23 heavy (non-hydrogen) atoms. The predicted molar refractivity (Wildman–Crippen MR) is 88.3 cm³/mol. The molecule has 3 amide bonds. The summed E-state index contributed by atoms with van der Waals surface area (Å²) in [5, 5.41) is 2.42. The summed E-state index contributed by atoms with van der Waals surface area (Å²) in [5.74, 6) is 0.843. The molecule has 2 rings (SSSR count). The lowest BCUT2D eigenvalue weighted by molar-refractivity contribution is -0.134. The van der Waals surface area contributed by atoms with E-state index < -0.39 is 12.1 Å². The van der Waals surface area contributed by atoms with Crippen LogP contribution < -0.4 is 15.8 Å². The Labute approximate surface area is 137 Å². The zero-order valence-electron chi connectivity index (χ0n) is 14.0. The second-order valence-corrected chi connectivity index (χ2v) is 6.09. The van der Waals surface area contributed by atoms with E-state index in [9.17, 15) is 9.59 Å². The van der Waals surface area contributed by atoms with Crippen molar-refractivity contribution in [2.75, 3.05) is 13.1 Å². The summed E-state index contributed by atoms with van der Waals surface area (Å²) in [5.41, 5.74) is 7.31. The molecule has 3 N–H and O–H groups in total. The van der Waals surface area contributed by atoms with Crippen LogP contribution in [0.25, 0.3) is 0 Å². The first kappa shape index (κ1) is 17.1. The van der Waals surface area contributed by atoms with Gasteiger partial charge < -0.3 is 20.7 Å². The van der Waals surface area contributed by atoms with Gasteiger partial charge in [0.05, 0.1) is 0 Å². The van der Waals surface area contributed by atoms with Crippen LogP contribution in [0.4, 0.5) is 4.79 Å². The number of rotatable bonds is 4. The number of nitrogens with two attached hydrogens (primary N) is 1. The highest BCUT2D eigenvalue weighted by molar-refractivity contribution is 5.86. The Bertz CT molecular complexity index is 560. The van der Waals surface area contributed by atoms with Gasteiger partial charge in [0.25, 0.3) is 0 Å². The molecule has 1 aromatic rings. The number of hydrogen-bond donors (Lipinski definition) is 2. The molecule has 1 aliphatic heterocycles. The van der Waals surface area contributed by atoms with Crippen LogP contribution in [-0.2, 0) is 4.79 Å². The number of carbonyl (C=O) groups is 2. The molecule has 0 spiro atoms. The number of urea groups is 1. The summed E-state index contributed by atoms with van der Waals surface area (Å²) >= 11 is 0. The number of likely N-dealkylation sites (tertiary alicyclic amines) is 1. The summed E-state index contributed by atoms with van der Waals surface area (Å²) in [6.07, 6.45) is 1.67. The first-order valence-corrected chi connectivity index (χ1v) is 7.96. The van der Waals surface area contributed by atoms with E-state index in [4.69, 9.17) is 10.5 Å². The fourth-order valence-corrected chi connectivity index (χ4v) is 2.89. The van der Waals surface area contributed by atoms with E-state index in [1.54, 1.807) is 11.8 Å². The fraction of sp³-hybridized carbons (Fsp3) is 0.529. The molecule has 0 saturated carbocycles. The van der Waals surface area contributed by atoms with Crippen LogP contribution in [0, 0.1) is 13.8 Å². The van der Waals surface area contributed by atoms with Gasteiger partial charge in [0, 0.05) is 25.9 Å². The highest BCUT2D eigenvalue weighted by atomic mass is 16.5. The zero-order chi connectivity index (χ0) is 17.0. The maximum Gasteiger partial charge on any atom is 0.312 e. The second kappa shape index (κ2) is 7.35. The van der Waals surface area contributed by atoms with E-state index in [1.165, 1.54) is 0 Å². The predicted octanol–water partition coefficient (Wildman–Crippen LogP) is 1.73. The molecule has 1 saturated heterocycles. The van der Waals surface area contributed by atoms with Crippen molar-refractivity contribution in [2.45, 2.75) is 45.8 Å². The number of amides is 3. The van der Waals surface area contributed by atoms with Gasteiger partial charge in [0.2, 0.25) is 5.91 Å². The lowest BCUT2D eigenvalue weighted by Crippen LogP contribution is -2.51. The Morgan fingerprint density at radius 1 is 1.26 bits per heavy atom. The molecular weight excluding hydrogens is 294 g/mol. The molecule has 1 fully saturated rings. The van der Waals surface area contributed by atoms with Crippen LogP contribution in [0.3, 0.4) is 0 Å².